The summed E-state index contributed by atoms with van der Waals surface area (Å²) in [6, 6.07) is 2.01. The van der Waals surface area contributed by atoms with Crippen LogP contribution < -0.4 is 5.32 Å². The van der Waals surface area contributed by atoms with E-state index in [-0.39, 0.29) is 0 Å². The van der Waals surface area contributed by atoms with Crippen molar-refractivity contribution in [3.05, 3.63) is 23.8 Å². The molecule has 1 atom stereocenters. The maximum atomic E-state index is 4.44. The van der Waals surface area contributed by atoms with Crippen LogP contribution >= 0.6 is 0 Å². The van der Waals surface area contributed by atoms with Crippen molar-refractivity contribution >= 4 is 0 Å². The minimum atomic E-state index is 0.799. The highest BCUT2D eigenvalue weighted by atomic mass is 15.2. The zero-order valence-corrected chi connectivity index (χ0v) is 10.1. The second-order valence-corrected chi connectivity index (χ2v) is 4.54. The zero-order chi connectivity index (χ0) is 11.4. The topological polar surface area (TPSA) is 41.0 Å². The molecular weight excluding hydrogens is 200 g/mol. The minimum Gasteiger partial charge on any atom is -0.319 e. The number of nitrogens with one attached hydrogen (secondary N) is 1. The van der Waals surface area contributed by atoms with E-state index in [9.17, 15) is 0 Å². The highest BCUT2D eigenvalue weighted by molar-refractivity contribution is 5.02. The lowest BCUT2D eigenvalue weighted by atomic mass is 10.1. The molecule has 16 heavy (non-hydrogen) atoms. The number of likely N-dealkylation sites (tertiary alicyclic amines) is 1. The molecule has 0 spiro atoms. The number of nitrogens with zero attached hydrogens (tertiary/aromatic N) is 3. The molecule has 0 saturated carbocycles. The molecule has 1 aliphatic heterocycles. The van der Waals surface area contributed by atoms with Crippen molar-refractivity contribution in [2.45, 2.75) is 19.9 Å². The zero-order valence-electron chi connectivity index (χ0n) is 10.1. The molecule has 0 aliphatic carbocycles. The van der Waals surface area contributed by atoms with Gasteiger partial charge in [0, 0.05) is 19.3 Å². The van der Waals surface area contributed by atoms with E-state index in [1.54, 1.807) is 0 Å². The molecule has 1 fully saturated rings. The summed E-state index contributed by atoms with van der Waals surface area (Å²) in [7, 11) is 2.02. The van der Waals surface area contributed by atoms with Crippen LogP contribution in [0.5, 0.6) is 0 Å². The van der Waals surface area contributed by atoms with Gasteiger partial charge in [-0.05, 0) is 45.5 Å². The maximum Gasteiger partial charge on any atom is 0.125 e. The monoisotopic (exact) mass is 220 g/mol. The first kappa shape index (κ1) is 11.5. The second-order valence-electron chi connectivity index (χ2n) is 4.54. The molecule has 4 heteroatoms. The third kappa shape index (κ3) is 3.00. The molecule has 1 unspecified atom stereocenters. The summed E-state index contributed by atoms with van der Waals surface area (Å²) in [5, 5.41) is 3.25. The lowest BCUT2D eigenvalue weighted by Gasteiger charge is -2.15. The van der Waals surface area contributed by atoms with Gasteiger partial charge in [-0.2, -0.15) is 0 Å². The van der Waals surface area contributed by atoms with Crippen LogP contribution in [0.1, 0.15) is 17.9 Å². The molecule has 1 aromatic rings. The molecular formula is C12H20N4. The van der Waals surface area contributed by atoms with Gasteiger partial charge >= 0.3 is 0 Å². The predicted molar refractivity (Wildman–Crippen MR) is 64.1 cm³/mol. The highest BCUT2D eigenvalue weighted by Gasteiger charge is 2.21. The molecule has 2 heterocycles. The Hall–Kier alpha value is -1.00. The smallest absolute Gasteiger partial charge is 0.125 e. The Morgan fingerprint density at radius 2 is 2.44 bits per heavy atom. The summed E-state index contributed by atoms with van der Waals surface area (Å²) >= 11 is 0. The number of hydrogen-bond donors (Lipinski definition) is 1. The van der Waals surface area contributed by atoms with Crippen LogP contribution in [0.4, 0.5) is 0 Å². The van der Waals surface area contributed by atoms with Crippen LogP contribution in [0.15, 0.2) is 12.3 Å². The molecule has 0 radical (unpaired) electrons. The molecule has 1 aromatic heterocycles. The van der Waals surface area contributed by atoms with Gasteiger partial charge in [0.2, 0.25) is 0 Å². The number of aromatic nitrogens is 2. The van der Waals surface area contributed by atoms with Crippen molar-refractivity contribution in [2.24, 2.45) is 5.92 Å². The maximum absolute atomic E-state index is 4.44. The van der Waals surface area contributed by atoms with Gasteiger partial charge in [0.05, 0.1) is 5.69 Å². The molecule has 1 saturated heterocycles. The summed E-state index contributed by atoms with van der Waals surface area (Å²) in [6.45, 7) is 6.40. The number of rotatable bonds is 4. The van der Waals surface area contributed by atoms with Gasteiger partial charge in [-0.1, -0.05) is 0 Å². The standard InChI is InChI=1S/C12H20N4/c1-10-14-5-3-12(15-10)9-16-6-4-11(8-16)7-13-2/h3,5,11,13H,4,6-9H2,1-2H3. The van der Waals surface area contributed by atoms with Crippen LogP contribution in [-0.4, -0.2) is 41.5 Å². The van der Waals surface area contributed by atoms with Crippen molar-refractivity contribution < 1.29 is 0 Å². The van der Waals surface area contributed by atoms with Gasteiger partial charge in [0.25, 0.3) is 0 Å². The normalized spacial score (nSPS) is 21.5. The first-order chi connectivity index (χ1) is 7.78. The van der Waals surface area contributed by atoms with Gasteiger partial charge in [-0.25, -0.2) is 9.97 Å². The molecule has 0 bridgehead atoms. The Kier molecular flexibility index (Phi) is 3.85. The second kappa shape index (κ2) is 5.37. The Bertz CT molecular complexity index is 340. The van der Waals surface area contributed by atoms with E-state index in [0.29, 0.717) is 0 Å². The van der Waals surface area contributed by atoms with Gasteiger partial charge in [0.1, 0.15) is 5.82 Å². The molecule has 4 nitrogen and oxygen atoms in total. The summed E-state index contributed by atoms with van der Waals surface area (Å²) in [4.78, 5) is 11.0. The SMILES string of the molecule is CNCC1CCN(Cc2ccnc(C)n2)C1. The third-order valence-corrected chi connectivity index (χ3v) is 3.08. The van der Waals surface area contributed by atoms with E-state index >= 15 is 0 Å². The molecule has 88 valence electrons. The Morgan fingerprint density at radius 1 is 1.56 bits per heavy atom. The van der Waals surface area contributed by atoms with Crippen molar-refractivity contribution in [3.8, 4) is 0 Å². The van der Waals surface area contributed by atoms with Gasteiger partial charge in [0.15, 0.2) is 0 Å². The van der Waals surface area contributed by atoms with Gasteiger partial charge in [-0.3, -0.25) is 4.90 Å². The highest BCUT2D eigenvalue weighted by Crippen LogP contribution is 2.17. The summed E-state index contributed by atoms with van der Waals surface area (Å²) in [5.41, 5.74) is 1.14. The van der Waals surface area contributed by atoms with Crippen molar-refractivity contribution in [3.63, 3.8) is 0 Å². The van der Waals surface area contributed by atoms with Crippen LogP contribution in [-0.2, 0) is 6.54 Å². The molecule has 2 rings (SSSR count). The first-order valence-electron chi connectivity index (χ1n) is 5.93. The average molecular weight is 220 g/mol. The van der Waals surface area contributed by atoms with E-state index in [4.69, 9.17) is 0 Å². The van der Waals surface area contributed by atoms with Gasteiger partial charge in [-0.15, -0.1) is 0 Å². The summed E-state index contributed by atoms with van der Waals surface area (Å²) < 4.78 is 0. The predicted octanol–water partition coefficient (Wildman–Crippen LogP) is 0.826. The lowest BCUT2D eigenvalue weighted by Crippen LogP contribution is -2.24. The van der Waals surface area contributed by atoms with Crippen LogP contribution in [0, 0.1) is 12.8 Å². The van der Waals surface area contributed by atoms with Crippen LogP contribution in [0.2, 0.25) is 0 Å². The Morgan fingerprint density at radius 3 is 3.19 bits per heavy atom. The number of hydrogen-bond acceptors (Lipinski definition) is 4. The molecule has 1 aliphatic rings. The fourth-order valence-corrected chi connectivity index (χ4v) is 2.33. The van der Waals surface area contributed by atoms with Crippen molar-refractivity contribution in [1.82, 2.24) is 20.2 Å². The Labute approximate surface area is 97.1 Å². The van der Waals surface area contributed by atoms with E-state index in [1.807, 2.05) is 26.2 Å². The van der Waals surface area contributed by atoms with Crippen LogP contribution in [0.3, 0.4) is 0 Å². The van der Waals surface area contributed by atoms with Crippen molar-refractivity contribution in [1.29, 1.82) is 0 Å². The molecule has 0 amide bonds. The van der Waals surface area contributed by atoms with E-state index < -0.39 is 0 Å². The van der Waals surface area contributed by atoms with Crippen molar-refractivity contribution in [2.75, 3.05) is 26.7 Å². The van der Waals surface area contributed by atoms with E-state index in [1.165, 1.54) is 19.5 Å². The Balaban J connectivity index is 1.87. The number of aryl methyl sites for hydroxylation is 1. The van der Waals surface area contributed by atoms with Crippen LogP contribution in [0.25, 0.3) is 0 Å². The summed E-state index contributed by atoms with van der Waals surface area (Å²) in [6.07, 6.45) is 3.14. The largest absolute Gasteiger partial charge is 0.319 e. The summed E-state index contributed by atoms with van der Waals surface area (Å²) in [5.74, 6) is 1.66. The molecule has 0 aromatic carbocycles. The third-order valence-electron chi connectivity index (χ3n) is 3.08. The van der Waals surface area contributed by atoms with E-state index in [2.05, 4.69) is 20.2 Å². The first-order valence-corrected chi connectivity index (χ1v) is 5.93. The van der Waals surface area contributed by atoms with Gasteiger partial charge < -0.3 is 5.32 Å². The fourth-order valence-electron chi connectivity index (χ4n) is 2.33. The average Bonchev–Trinajstić information content (AvgIpc) is 2.66. The molecule has 1 N–H and O–H groups in total. The lowest BCUT2D eigenvalue weighted by molar-refractivity contribution is 0.311. The fraction of sp³-hybridized carbons (Fsp3) is 0.667. The van der Waals surface area contributed by atoms with E-state index in [0.717, 1.165) is 30.5 Å². The quantitative estimate of drug-likeness (QED) is 0.816. The minimum absolute atomic E-state index is 0.799.